The molecule has 37 heavy (non-hydrogen) atoms. The van der Waals surface area contributed by atoms with Crippen molar-refractivity contribution in [1.82, 2.24) is 14.6 Å². The molecule has 1 atom stereocenters. The van der Waals surface area contributed by atoms with Gasteiger partial charge in [0.1, 0.15) is 11.6 Å². The average molecular weight is 511 g/mol. The van der Waals surface area contributed by atoms with Crippen molar-refractivity contribution in [3.05, 3.63) is 71.3 Å². The maximum absolute atomic E-state index is 13.7. The van der Waals surface area contributed by atoms with E-state index in [0.717, 1.165) is 62.9 Å². The van der Waals surface area contributed by atoms with E-state index in [0.29, 0.717) is 25.4 Å². The zero-order chi connectivity index (χ0) is 26.4. The highest BCUT2D eigenvalue weighted by atomic mass is 19.1. The third kappa shape index (κ3) is 7.18. The maximum Gasteiger partial charge on any atom is 0.376 e. The van der Waals surface area contributed by atoms with Crippen LogP contribution in [-0.2, 0) is 4.79 Å². The smallest absolute Gasteiger partial charge is 0.376 e. The second-order valence-electron chi connectivity index (χ2n) is 10.7. The maximum atomic E-state index is 13.7. The van der Waals surface area contributed by atoms with E-state index >= 15 is 0 Å². The molecule has 0 radical (unpaired) electrons. The first-order chi connectivity index (χ1) is 17.9. The summed E-state index contributed by atoms with van der Waals surface area (Å²) in [4.78, 5) is 20.0. The molecule has 200 valence electrons. The summed E-state index contributed by atoms with van der Waals surface area (Å²) < 4.78 is 27.4. The molecule has 2 heterocycles. The Morgan fingerprint density at radius 3 is 2.05 bits per heavy atom. The summed E-state index contributed by atoms with van der Waals surface area (Å²) in [7, 11) is -0.432. The molecule has 0 spiro atoms. The van der Waals surface area contributed by atoms with Crippen LogP contribution in [0.3, 0.4) is 0 Å². The highest BCUT2D eigenvalue weighted by molar-refractivity contribution is 6.45. The third-order valence-electron chi connectivity index (χ3n) is 8.10. The molecule has 1 amide bonds. The largest absolute Gasteiger partial charge is 0.437 e. The van der Waals surface area contributed by atoms with Gasteiger partial charge in [-0.2, -0.15) is 0 Å². The van der Waals surface area contributed by atoms with Gasteiger partial charge in [0.2, 0.25) is 5.91 Å². The second kappa shape index (κ2) is 13.0. The highest BCUT2D eigenvalue weighted by Crippen LogP contribution is 2.33. The van der Waals surface area contributed by atoms with E-state index in [9.17, 15) is 18.6 Å². The summed E-state index contributed by atoms with van der Waals surface area (Å²) in [5, 5.41) is 9.84. The van der Waals surface area contributed by atoms with Crippen molar-refractivity contribution < 1.29 is 18.6 Å². The van der Waals surface area contributed by atoms with Crippen LogP contribution in [0.2, 0.25) is 6.82 Å². The van der Waals surface area contributed by atoms with Gasteiger partial charge >= 0.3 is 7.05 Å². The number of carbonyl (C=O) groups is 1. The predicted molar refractivity (Wildman–Crippen MR) is 144 cm³/mol. The molecule has 0 aliphatic carbocycles. The summed E-state index contributed by atoms with van der Waals surface area (Å²) in [5.41, 5.74) is 1.93. The van der Waals surface area contributed by atoms with Crippen LogP contribution in [0.5, 0.6) is 0 Å². The lowest BCUT2D eigenvalue weighted by Gasteiger charge is -2.45. The fraction of sp³-hybridized carbons (Fsp3) is 0.552. The van der Waals surface area contributed by atoms with Gasteiger partial charge in [-0.1, -0.05) is 44.0 Å². The van der Waals surface area contributed by atoms with E-state index in [-0.39, 0.29) is 29.6 Å². The molecular formula is C29H40BF2N3O2. The van der Waals surface area contributed by atoms with Crippen molar-refractivity contribution in [2.75, 3.05) is 32.7 Å². The number of benzene rings is 2. The molecule has 2 saturated heterocycles. The molecule has 2 aliphatic heterocycles. The first kappa shape index (κ1) is 27.7. The van der Waals surface area contributed by atoms with E-state index in [1.807, 2.05) is 24.3 Å². The average Bonchev–Trinajstić information content (AvgIpc) is 2.90. The Morgan fingerprint density at radius 2 is 1.54 bits per heavy atom. The van der Waals surface area contributed by atoms with Gasteiger partial charge in [0.05, 0.1) is 6.04 Å². The fourth-order valence-corrected chi connectivity index (χ4v) is 5.93. The number of piperazine rings is 1. The van der Waals surface area contributed by atoms with Gasteiger partial charge in [0.25, 0.3) is 0 Å². The summed E-state index contributed by atoms with van der Waals surface area (Å²) in [6, 6.07) is 13.1. The molecule has 8 heteroatoms. The number of nitrogens with zero attached hydrogens (tertiary/aromatic N) is 3. The number of amides is 1. The SMILES string of the molecule is CCCC[C@H]1CN(C(c2ccc(F)cc2)c2ccc(F)cc2)CCN1C(=O)CC1CCN(B(C)O)CC1. The molecule has 4 rings (SSSR count). The van der Waals surface area contributed by atoms with Crippen LogP contribution in [0.4, 0.5) is 8.78 Å². The first-order valence-electron chi connectivity index (χ1n) is 13.8. The molecule has 0 aromatic heterocycles. The van der Waals surface area contributed by atoms with Crippen molar-refractivity contribution in [2.24, 2.45) is 5.92 Å². The van der Waals surface area contributed by atoms with Gasteiger partial charge in [0, 0.05) is 32.1 Å². The zero-order valence-electron chi connectivity index (χ0n) is 22.2. The molecule has 2 aromatic rings. The molecule has 5 nitrogen and oxygen atoms in total. The van der Waals surface area contributed by atoms with Crippen LogP contribution in [0.15, 0.2) is 48.5 Å². The minimum absolute atomic E-state index is 0.113. The van der Waals surface area contributed by atoms with E-state index < -0.39 is 7.05 Å². The molecule has 1 N–H and O–H groups in total. The lowest BCUT2D eigenvalue weighted by molar-refractivity contribution is -0.138. The highest BCUT2D eigenvalue weighted by Gasteiger charge is 2.35. The summed E-state index contributed by atoms with van der Waals surface area (Å²) in [6.45, 7) is 7.72. The van der Waals surface area contributed by atoms with Gasteiger partial charge in [-0.05, 0) is 80.5 Å². The van der Waals surface area contributed by atoms with Crippen LogP contribution in [-0.4, -0.2) is 71.4 Å². The van der Waals surface area contributed by atoms with E-state index in [4.69, 9.17) is 0 Å². The van der Waals surface area contributed by atoms with Crippen molar-refractivity contribution in [3.8, 4) is 0 Å². The molecule has 2 aromatic carbocycles. The monoisotopic (exact) mass is 511 g/mol. The number of halogens is 2. The summed E-state index contributed by atoms with van der Waals surface area (Å²) in [6.07, 6.45) is 5.50. The van der Waals surface area contributed by atoms with Crippen molar-refractivity contribution in [1.29, 1.82) is 0 Å². The first-order valence-corrected chi connectivity index (χ1v) is 13.8. The fourth-order valence-electron chi connectivity index (χ4n) is 5.93. The standard InChI is InChI=1S/C29H40BF2N3O2/c1-3-4-5-27-21-33(18-19-35(27)28(36)20-22-14-16-34(17-15-22)30(2)37)29(23-6-10-25(31)11-7-23)24-8-12-26(32)13-9-24/h6-13,22,27,29,37H,3-5,14-21H2,1-2H3/t27-/m0/s1. The lowest BCUT2D eigenvalue weighted by Crippen LogP contribution is -2.56. The van der Waals surface area contributed by atoms with Gasteiger partial charge in [-0.3, -0.25) is 9.69 Å². The molecule has 2 aliphatic rings. The van der Waals surface area contributed by atoms with Crippen LogP contribution in [0.25, 0.3) is 0 Å². The molecule has 0 bridgehead atoms. The molecule has 0 saturated carbocycles. The van der Waals surface area contributed by atoms with E-state index in [2.05, 4.69) is 21.5 Å². The number of carbonyl (C=O) groups excluding carboxylic acids is 1. The molecule has 0 unspecified atom stereocenters. The number of hydrogen-bond acceptors (Lipinski definition) is 4. The third-order valence-corrected chi connectivity index (χ3v) is 8.10. The topological polar surface area (TPSA) is 47.0 Å². The van der Waals surface area contributed by atoms with Crippen LogP contribution in [0.1, 0.15) is 62.6 Å². The normalized spacial score (nSPS) is 19.9. The quantitative estimate of drug-likeness (QED) is 0.483. The minimum atomic E-state index is -0.432. The Balaban J connectivity index is 1.49. The minimum Gasteiger partial charge on any atom is -0.437 e. The lowest BCUT2D eigenvalue weighted by atomic mass is 9.80. The van der Waals surface area contributed by atoms with E-state index in [1.54, 1.807) is 6.82 Å². The molecule has 2 fully saturated rings. The number of hydrogen-bond donors (Lipinski definition) is 1. The second-order valence-corrected chi connectivity index (χ2v) is 10.7. The van der Waals surface area contributed by atoms with Crippen LogP contribution >= 0.6 is 0 Å². The van der Waals surface area contributed by atoms with Gasteiger partial charge in [-0.15, -0.1) is 0 Å². The Kier molecular flexibility index (Phi) is 9.74. The van der Waals surface area contributed by atoms with Crippen molar-refractivity contribution in [2.45, 2.75) is 64.4 Å². The number of piperidine rings is 1. The number of unbranched alkanes of at least 4 members (excludes halogenated alkanes) is 1. The summed E-state index contributed by atoms with van der Waals surface area (Å²) >= 11 is 0. The van der Waals surface area contributed by atoms with E-state index in [1.165, 1.54) is 24.3 Å². The Bertz CT molecular complexity index is 952. The summed E-state index contributed by atoms with van der Waals surface area (Å²) in [5.74, 6) is 0.0316. The van der Waals surface area contributed by atoms with Crippen LogP contribution < -0.4 is 0 Å². The Morgan fingerprint density at radius 1 is 0.973 bits per heavy atom. The predicted octanol–water partition coefficient (Wildman–Crippen LogP) is 4.97. The van der Waals surface area contributed by atoms with Crippen LogP contribution in [0, 0.1) is 17.6 Å². The van der Waals surface area contributed by atoms with Gasteiger partial charge in [0.15, 0.2) is 0 Å². The van der Waals surface area contributed by atoms with Crippen molar-refractivity contribution in [3.63, 3.8) is 0 Å². The Hall–Kier alpha value is -2.29. The van der Waals surface area contributed by atoms with Gasteiger partial charge < -0.3 is 14.7 Å². The Labute approximate surface area is 220 Å². The van der Waals surface area contributed by atoms with Gasteiger partial charge in [-0.25, -0.2) is 8.78 Å². The number of rotatable bonds is 9. The zero-order valence-corrected chi connectivity index (χ0v) is 22.2. The molecular weight excluding hydrogens is 471 g/mol. The van der Waals surface area contributed by atoms with Crippen molar-refractivity contribution >= 4 is 13.0 Å².